The number of hydrogen-bond acceptors (Lipinski definition) is 6. The lowest BCUT2D eigenvalue weighted by Gasteiger charge is -2.03. The van der Waals surface area contributed by atoms with E-state index in [9.17, 15) is 14.4 Å². The Labute approximate surface area is 102 Å². The van der Waals surface area contributed by atoms with Gasteiger partial charge in [-0.3, -0.25) is 4.98 Å². The number of carboxylic acids is 1. The molecule has 1 rings (SSSR count). The lowest BCUT2D eigenvalue weighted by atomic mass is 10.3. The van der Waals surface area contributed by atoms with E-state index in [0.29, 0.717) is 12.2 Å². The Hall–Kier alpha value is -2.70. The average Bonchev–Trinajstić information content (AvgIpc) is 2.37. The van der Waals surface area contributed by atoms with Gasteiger partial charge in [-0.05, 0) is 12.1 Å². The molecule has 7 heteroatoms. The van der Waals surface area contributed by atoms with Crippen LogP contribution in [0, 0.1) is 0 Å². The van der Waals surface area contributed by atoms with Gasteiger partial charge in [0.2, 0.25) is 6.79 Å². The van der Waals surface area contributed by atoms with E-state index in [2.05, 4.69) is 14.5 Å². The van der Waals surface area contributed by atoms with Crippen LogP contribution in [-0.4, -0.2) is 34.8 Å². The standard InChI is InChI=1S/C11H9NO6/c13-9(14)3-4-10(15)17-7-18-11(16)8-2-1-5-12-6-8/h1-6H,7H2,(H,13,14)/b4-3+. The van der Waals surface area contributed by atoms with E-state index in [-0.39, 0.29) is 5.56 Å². The molecule has 0 unspecified atom stereocenters. The molecule has 0 bridgehead atoms. The van der Waals surface area contributed by atoms with Crippen molar-refractivity contribution in [1.29, 1.82) is 0 Å². The molecule has 1 heterocycles. The minimum absolute atomic E-state index is 0.217. The van der Waals surface area contributed by atoms with Gasteiger partial charge in [0.1, 0.15) is 0 Å². The molecular weight excluding hydrogens is 242 g/mol. The Morgan fingerprint density at radius 3 is 2.67 bits per heavy atom. The number of aliphatic carboxylic acids is 1. The molecule has 0 aliphatic carbocycles. The summed E-state index contributed by atoms with van der Waals surface area (Å²) in [7, 11) is 0. The molecule has 0 saturated carbocycles. The van der Waals surface area contributed by atoms with E-state index in [1.165, 1.54) is 18.5 Å². The second-order valence-electron chi connectivity index (χ2n) is 2.93. The smallest absolute Gasteiger partial charge is 0.342 e. The SMILES string of the molecule is O=C(O)/C=C/C(=O)OCOC(=O)c1cccnc1. The average molecular weight is 251 g/mol. The van der Waals surface area contributed by atoms with Crippen molar-refractivity contribution in [2.24, 2.45) is 0 Å². The number of carbonyl (C=O) groups is 3. The van der Waals surface area contributed by atoms with Crippen LogP contribution in [0.3, 0.4) is 0 Å². The van der Waals surface area contributed by atoms with Crippen LogP contribution < -0.4 is 0 Å². The molecule has 0 aromatic carbocycles. The number of pyridine rings is 1. The Bertz CT molecular complexity index is 468. The van der Waals surface area contributed by atoms with Crippen LogP contribution in [0.5, 0.6) is 0 Å². The summed E-state index contributed by atoms with van der Waals surface area (Å²) in [6.45, 7) is -0.601. The van der Waals surface area contributed by atoms with Crippen molar-refractivity contribution in [1.82, 2.24) is 4.98 Å². The first kappa shape index (κ1) is 13.4. The molecule has 0 aliphatic rings. The number of esters is 2. The second kappa shape index (κ2) is 6.79. The Balaban J connectivity index is 2.32. The molecule has 7 nitrogen and oxygen atoms in total. The van der Waals surface area contributed by atoms with Gasteiger partial charge in [0.05, 0.1) is 5.56 Å². The Kier molecular flexibility index (Phi) is 5.04. The van der Waals surface area contributed by atoms with E-state index < -0.39 is 24.7 Å². The third-order valence-corrected chi connectivity index (χ3v) is 1.65. The van der Waals surface area contributed by atoms with Gasteiger partial charge >= 0.3 is 17.9 Å². The van der Waals surface area contributed by atoms with E-state index in [0.717, 1.165) is 0 Å². The highest BCUT2D eigenvalue weighted by Crippen LogP contribution is 1.98. The molecule has 18 heavy (non-hydrogen) atoms. The van der Waals surface area contributed by atoms with Crippen LogP contribution in [0.4, 0.5) is 0 Å². The lowest BCUT2D eigenvalue weighted by Crippen LogP contribution is -2.12. The van der Waals surface area contributed by atoms with Gasteiger partial charge in [-0.1, -0.05) is 0 Å². The number of aromatic nitrogens is 1. The van der Waals surface area contributed by atoms with Crippen LogP contribution in [0.15, 0.2) is 36.7 Å². The van der Waals surface area contributed by atoms with E-state index in [1.807, 2.05) is 0 Å². The number of nitrogens with zero attached hydrogens (tertiary/aromatic N) is 1. The predicted octanol–water partition coefficient (Wildman–Crippen LogP) is 0.380. The van der Waals surface area contributed by atoms with Crippen LogP contribution in [0.2, 0.25) is 0 Å². The summed E-state index contributed by atoms with van der Waals surface area (Å²) in [6, 6.07) is 3.04. The number of hydrogen-bond donors (Lipinski definition) is 1. The summed E-state index contributed by atoms with van der Waals surface area (Å²) in [4.78, 5) is 36.0. The zero-order chi connectivity index (χ0) is 13.4. The van der Waals surface area contributed by atoms with Crippen molar-refractivity contribution >= 4 is 17.9 Å². The molecular formula is C11H9NO6. The van der Waals surface area contributed by atoms with Gasteiger partial charge in [-0.15, -0.1) is 0 Å². The van der Waals surface area contributed by atoms with Crippen molar-refractivity contribution in [3.05, 3.63) is 42.2 Å². The monoisotopic (exact) mass is 251 g/mol. The summed E-state index contributed by atoms with van der Waals surface area (Å²) in [6.07, 6.45) is 4.12. The van der Waals surface area contributed by atoms with Crippen molar-refractivity contribution in [2.75, 3.05) is 6.79 Å². The van der Waals surface area contributed by atoms with E-state index in [1.54, 1.807) is 6.07 Å². The Morgan fingerprint density at radius 1 is 1.28 bits per heavy atom. The van der Waals surface area contributed by atoms with Gasteiger partial charge in [-0.25, -0.2) is 14.4 Å². The predicted molar refractivity (Wildman–Crippen MR) is 57.4 cm³/mol. The van der Waals surface area contributed by atoms with Crippen LogP contribution in [0.1, 0.15) is 10.4 Å². The topological polar surface area (TPSA) is 103 Å². The molecule has 0 spiro atoms. The molecule has 0 saturated heterocycles. The molecule has 0 aliphatic heterocycles. The zero-order valence-electron chi connectivity index (χ0n) is 9.11. The highest BCUT2D eigenvalue weighted by molar-refractivity contribution is 5.91. The zero-order valence-corrected chi connectivity index (χ0v) is 9.11. The third-order valence-electron chi connectivity index (χ3n) is 1.65. The van der Waals surface area contributed by atoms with Gasteiger partial charge < -0.3 is 14.6 Å². The number of rotatable bonds is 5. The van der Waals surface area contributed by atoms with E-state index >= 15 is 0 Å². The fourth-order valence-electron chi connectivity index (χ4n) is 0.895. The van der Waals surface area contributed by atoms with Crippen molar-refractivity contribution in [3.63, 3.8) is 0 Å². The summed E-state index contributed by atoms with van der Waals surface area (Å²) in [5.41, 5.74) is 0.217. The summed E-state index contributed by atoms with van der Waals surface area (Å²) in [5.74, 6) is -2.89. The van der Waals surface area contributed by atoms with Crippen molar-refractivity contribution < 1.29 is 29.0 Å². The fraction of sp³-hybridized carbons (Fsp3) is 0.0909. The minimum atomic E-state index is -1.28. The van der Waals surface area contributed by atoms with Crippen molar-refractivity contribution in [3.8, 4) is 0 Å². The van der Waals surface area contributed by atoms with Crippen LogP contribution >= 0.6 is 0 Å². The van der Waals surface area contributed by atoms with E-state index in [4.69, 9.17) is 5.11 Å². The van der Waals surface area contributed by atoms with Crippen molar-refractivity contribution in [2.45, 2.75) is 0 Å². The molecule has 0 amide bonds. The third kappa shape index (κ3) is 4.88. The van der Waals surface area contributed by atoms with Gasteiger partial charge in [0, 0.05) is 24.5 Å². The number of ether oxygens (including phenoxy) is 2. The maximum absolute atomic E-state index is 11.3. The number of carboxylic acid groups (broad SMARTS) is 1. The second-order valence-corrected chi connectivity index (χ2v) is 2.93. The molecule has 94 valence electrons. The number of carbonyl (C=O) groups excluding carboxylic acids is 2. The quantitative estimate of drug-likeness (QED) is 0.458. The first-order chi connectivity index (χ1) is 8.59. The summed E-state index contributed by atoms with van der Waals surface area (Å²) < 4.78 is 9.03. The first-order valence-electron chi connectivity index (χ1n) is 4.74. The Morgan fingerprint density at radius 2 is 2.06 bits per heavy atom. The first-order valence-corrected chi connectivity index (χ1v) is 4.74. The highest BCUT2D eigenvalue weighted by atomic mass is 16.7. The van der Waals surface area contributed by atoms with Gasteiger partial charge in [0.15, 0.2) is 0 Å². The molecule has 0 atom stereocenters. The normalized spacial score (nSPS) is 10.0. The minimum Gasteiger partial charge on any atom is -0.478 e. The highest BCUT2D eigenvalue weighted by Gasteiger charge is 2.07. The molecule has 0 radical (unpaired) electrons. The van der Waals surface area contributed by atoms with Crippen LogP contribution in [-0.2, 0) is 19.1 Å². The molecule has 1 aromatic rings. The maximum atomic E-state index is 11.3. The lowest BCUT2D eigenvalue weighted by molar-refractivity contribution is -0.146. The fourth-order valence-corrected chi connectivity index (χ4v) is 0.895. The van der Waals surface area contributed by atoms with Gasteiger partial charge in [-0.2, -0.15) is 0 Å². The largest absolute Gasteiger partial charge is 0.478 e. The maximum Gasteiger partial charge on any atom is 0.342 e. The van der Waals surface area contributed by atoms with Gasteiger partial charge in [0.25, 0.3) is 0 Å². The molecule has 1 aromatic heterocycles. The molecule has 0 fully saturated rings. The summed E-state index contributed by atoms with van der Waals surface area (Å²) >= 11 is 0. The summed E-state index contributed by atoms with van der Waals surface area (Å²) in [5, 5.41) is 8.24. The van der Waals surface area contributed by atoms with Crippen LogP contribution in [0.25, 0.3) is 0 Å². The molecule has 1 N–H and O–H groups in total.